The third-order valence-corrected chi connectivity index (χ3v) is 9.87. The standard InChI is InChI=1S/C29H22NOPS/c1-3-11-21(12-4-1)32(22-13-5-2-6-14-22)29-27(25-17-9-10-18-26(25)33-29)23-15-7-8-16-24(23)28-30-19-20-31-28/h1-18H,19-20H2. The number of hydrogen-bond acceptors (Lipinski definition) is 3. The van der Waals surface area contributed by atoms with Gasteiger partial charge in [0.05, 0.1) is 6.54 Å². The first-order chi connectivity index (χ1) is 16.4. The molecular weight excluding hydrogens is 441 g/mol. The van der Waals surface area contributed by atoms with E-state index in [9.17, 15) is 0 Å². The largest absolute Gasteiger partial charge is 0.475 e. The minimum Gasteiger partial charge on any atom is -0.475 e. The van der Waals surface area contributed by atoms with Gasteiger partial charge in [-0.3, -0.25) is 0 Å². The first kappa shape index (κ1) is 20.4. The number of benzene rings is 4. The minimum absolute atomic E-state index is 0.654. The van der Waals surface area contributed by atoms with E-state index in [2.05, 4.69) is 114 Å². The molecular formula is C29H22NOPS. The maximum absolute atomic E-state index is 5.92. The van der Waals surface area contributed by atoms with Gasteiger partial charge in [0.1, 0.15) is 6.61 Å². The van der Waals surface area contributed by atoms with Crippen LogP contribution in [0.2, 0.25) is 0 Å². The van der Waals surface area contributed by atoms with Gasteiger partial charge in [-0.25, -0.2) is 4.99 Å². The van der Waals surface area contributed by atoms with E-state index in [1.807, 2.05) is 11.3 Å². The van der Waals surface area contributed by atoms with Crippen LogP contribution in [0, 0.1) is 0 Å². The van der Waals surface area contributed by atoms with Gasteiger partial charge in [0.25, 0.3) is 0 Å². The summed E-state index contributed by atoms with van der Waals surface area (Å²) in [7, 11) is -0.724. The van der Waals surface area contributed by atoms with Crippen LogP contribution in [0.15, 0.2) is 114 Å². The Morgan fingerprint density at radius 2 is 1.27 bits per heavy atom. The van der Waals surface area contributed by atoms with Crippen LogP contribution < -0.4 is 15.2 Å². The Balaban J connectivity index is 1.66. The van der Waals surface area contributed by atoms with Crippen LogP contribution in [0.5, 0.6) is 0 Å². The van der Waals surface area contributed by atoms with Gasteiger partial charge in [0, 0.05) is 25.8 Å². The third kappa shape index (κ3) is 3.78. The highest BCUT2D eigenvalue weighted by Crippen LogP contribution is 2.45. The van der Waals surface area contributed by atoms with E-state index in [0.717, 1.165) is 18.0 Å². The van der Waals surface area contributed by atoms with Crippen LogP contribution in [-0.2, 0) is 4.74 Å². The van der Waals surface area contributed by atoms with Crippen molar-refractivity contribution in [2.75, 3.05) is 13.2 Å². The van der Waals surface area contributed by atoms with Gasteiger partial charge in [-0.05, 0) is 36.2 Å². The topological polar surface area (TPSA) is 21.6 Å². The average molecular weight is 464 g/mol. The fraction of sp³-hybridized carbons (Fsp3) is 0.0690. The minimum atomic E-state index is -0.724. The van der Waals surface area contributed by atoms with E-state index in [0.29, 0.717) is 6.61 Å². The van der Waals surface area contributed by atoms with Crippen LogP contribution >= 0.6 is 19.3 Å². The van der Waals surface area contributed by atoms with E-state index in [4.69, 9.17) is 4.74 Å². The summed E-state index contributed by atoms with van der Waals surface area (Å²) in [6.45, 7) is 1.38. The van der Waals surface area contributed by atoms with Crippen molar-refractivity contribution in [1.82, 2.24) is 0 Å². The van der Waals surface area contributed by atoms with Gasteiger partial charge in [-0.2, -0.15) is 0 Å². The lowest BCUT2D eigenvalue weighted by Gasteiger charge is -2.20. The molecule has 0 spiro atoms. The lowest BCUT2D eigenvalue weighted by Crippen LogP contribution is -2.20. The molecule has 0 unspecified atom stereocenters. The molecule has 4 heteroatoms. The molecule has 2 heterocycles. The van der Waals surface area contributed by atoms with Crippen LogP contribution in [-0.4, -0.2) is 19.0 Å². The van der Waals surface area contributed by atoms with Gasteiger partial charge in [0.15, 0.2) is 0 Å². The fourth-order valence-electron chi connectivity index (χ4n) is 4.37. The molecule has 0 N–H and O–H groups in total. The quantitative estimate of drug-likeness (QED) is 0.289. The second-order valence-electron chi connectivity index (χ2n) is 7.87. The van der Waals surface area contributed by atoms with Crippen molar-refractivity contribution in [2.24, 2.45) is 4.99 Å². The Morgan fingerprint density at radius 3 is 1.94 bits per heavy atom. The first-order valence-electron chi connectivity index (χ1n) is 11.1. The lowest BCUT2D eigenvalue weighted by molar-refractivity contribution is 0.348. The number of ether oxygens (including phenoxy) is 1. The average Bonchev–Trinajstić information content (AvgIpc) is 3.54. The summed E-state index contributed by atoms with van der Waals surface area (Å²) in [5, 5.41) is 4.01. The molecule has 33 heavy (non-hydrogen) atoms. The van der Waals surface area contributed by atoms with Crippen LogP contribution in [0.3, 0.4) is 0 Å². The molecule has 0 bridgehead atoms. The SMILES string of the molecule is c1ccc(P(c2ccccc2)c2sc3ccccc3c2-c2ccccc2C2=NCCO2)cc1. The molecule has 0 saturated carbocycles. The van der Waals surface area contributed by atoms with Gasteiger partial charge in [-0.15, -0.1) is 11.3 Å². The maximum Gasteiger partial charge on any atom is 0.216 e. The molecule has 1 aliphatic rings. The number of rotatable bonds is 5. The summed E-state index contributed by atoms with van der Waals surface area (Å²) < 4.78 is 8.64. The van der Waals surface area contributed by atoms with Crippen molar-refractivity contribution in [2.45, 2.75) is 0 Å². The van der Waals surface area contributed by atoms with Crippen LogP contribution in [0.1, 0.15) is 5.56 Å². The van der Waals surface area contributed by atoms with Crippen molar-refractivity contribution in [3.8, 4) is 11.1 Å². The molecule has 4 aromatic carbocycles. The molecule has 0 aliphatic carbocycles. The highest BCUT2D eigenvalue weighted by molar-refractivity contribution is 7.84. The molecule has 0 radical (unpaired) electrons. The van der Waals surface area contributed by atoms with E-state index >= 15 is 0 Å². The normalized spacial score (nSPS) is 13.3. The number of nitrogens with zero attached hydrogens (tertiary/aromatic N) is 1. The van der Waals surface area contributed by atoms with Crippen LogP contribution in [0.4, 0.5) is 0 Å². The molecule has 0 amide bonds. The molecule has 160 valence electrons. The van der Waals surface area contributed by atoms with E-state index in [-0.39, 0.29) is 0 Å². The molecule has 5 aromatic rings. The number of fused-ring (bicyclic) bond motifs is 1. The van der Waals surface area contributed by atoms with Gasteiger partial charge in [0.2, 0.25) is 5.90 Å². The lowest BCUT2D eigenvalue weighted by atomic mass is 9.99. The second-order valence-corrected chi connectivity index (χ2v) is 11.4. The van der Waals surface area contributed by atoms with Gasteiger partial charge in [-0.1, -0.05) is 97.1 Å². The van der Waals surface area contributed by atoms with E-state index < -0.39 is 7.92 Å². The molecule has 1 aromatic heterocycles. The van der Waals surface area contributed by atoms with Crippen molar-refractivity contribution in [3.05, 3.63) is 115 Å². The molecule has 0 saturated heterocycles. The smallest absolute Gasteiger partial charge is 0.216 e. The third-order valence-electron chi connectivity index (χ3n) is 5.82. The summed E-state index contributed by atoms with van der Waals surface area (Å²) in [6.07, 6.45) is 0. The Bertz CT molecular complexity index is 1400. The summed E-state index contributed by atoms with van der Waals surface area (Å²) >= 11 is 1.92. The van der Waals surface area contributed by atoms with E-state index in [1.165, 1.54) is 36.4 Å². The van der Waals surface area contributed by atoms with Crippen molar-refractivity contribution >= 4 is 50.5 Å². The zero-order valence-electron chi connectivity index (χ0n) is 18.0. The second kappa shape index (κ2) is 8.94. The predicted octanol–water partition coefficient (Wildman–Crippen LogP) is 6.10. The Morgan fingerprint density at radius 1 is 0.667 bits per heavy atom. The number of thiophene rings is 1. The molecule has 2 nitrogen and oxygen atoms in total. The summed E-state index contributed by atoms with van der Waals surface area (Å²) in [4.78, 5) is 4.65. The Hall–Kier alpha value is -3.26. The van der Waals surface area contributed by atoms with Crippen molar-refractivity contribution in [3.63, 3.8) is 0 Å². The molecule has 0 fully saturated rings. The number of hydrogen-bond donors (Lipinski definition) is 0. The Labute approximate surface area is 199 Å². The van der Waals surface area contributed by atoms with Gasteiger partial charge < -0.3 is 4.74 Å². The Kier molecular flexibility index (Phi) is 5.51. The zero-order valence-corrected chi connectivity index (χ0v) is 19.7. The fourth-order valence-corrected chi connectivity index (χ4v) is 8.80. The molecule has 1 aliphatic heterocycles. The van der Waals surface area contributed by atoms with Crippen LogP contribution in [0.25, 0.3) is 21.2 Å². The predicted molar refractivity (Wildman–Crippen MR) is 143 cm³/mol. The first-order valence-corrected chi connectivity index (χ1v) is 13.2. The highest BCUT2D eigenvalue weighted by atomic mass is 32.1. The van der Waals surface area contributed by atoms with Crippen molar-refractivity contribution in [1.29, 1.82) is 0 Å². The summed E-state index contributed by atoms with van der Waals surface area (Å²) in [6, 6.07) is 39.2. The zero-order chi connectivity index (χ0) is 22.0. The molecule has 6 rings (SSSR count). The van der Waals surface area contributed by atoms with E-state index in [1.54, 1.807) is 0 Å². The maximum atomic E-state index is 5.92. The van der Waals surface area contributed by atoms with Crippen molar-refractivity contribution < 1.29 is 4.74 Å². The highest BCUT2D eigenvalue weighted by Gasteiger charge is 2.27. The number of aliphatic imine (C=N–C) groups is 1. The summed E-state index contributed by atoms with van der Waals surface area (Å²) in [5.41, 5.74) is 3.59. The monoisotopic (exact) mass is 463 g/mol. The summed E-state index contributed by atoms with van der Waals surface area (Å²) in [5.74, 6) is 0.760. The van der Waals surface area contributed by atoms with Gasteiger partial charge >= 0.3 is 0 Å². The molecule has 0 atom stereocenters.